The van der Waals surface area contributed by atoms with Gasteiger partial charge < -0.3 is 25.2 Å². The van der Waals surface area contributed by atoms with Crippen molar-refractivity contribution in [2.75, 3.05) is 44.0 Å². The number of likely N-dealkylation sites (N-methyl/N-ethyl adjacent to an activating group) is 1. The van der Waals surface area contributed by atoms with Crippen molar-refractivity contribution in [3.8, 4) is 41.2 Å². The predicted octanol–water partition coefficient (Wildman–Crippen LogP) is 5.17. The summed E-state index contributed by atoms with van der Waals surface area (Å²) in [5, 5.41) is 11.4. The Labute approximate surface area is 268 Å². The molecule has 3 aromatic heterocycles. The third-order valence-electron chi connectivity index (χ3n) is 8.84. The molecule has 13 heteroatoms. The second kappa shape index (κ2) is 11.8. The number of rotatable bonds is 6. The lowest BCUT2D eigenvalue weighted by Gasteiger charge is -2.30. The molecule has 3 atom stereocenters. The van der Waals surface area contributed by atoms with E-state index in [1.165, 1.54) is 24.3 Å². The Morgan fingerprint density at radius 3 is 2.77 bits per heavy atom. The van der Waals surface area contributed by atoms with Crippen LogP contribution in [0.25, 0.3) is 32.9 Å². The molecule has 2 unspecified atom stereocenters. The van der Waals surface area contributed by atoms with Crippen molar-refractivity contribution in [2.45, 2.75) is 31.6 Å². The lowest BCUT2D eigenvalue weighted by Crippen LogP contribution is -2.32. The van der Waals surface area contributed by atoms with Crippen LogP contribution in [0, 0.1) is 24.0 Å². The molecule has 5 aromatic rings. The molecule has 0 bridgehead atoms. The van der Waals surface area contributed by atoms with E-state index in [1.807, 2.05) is 22.8 Å². The quantitative estimate of drug-likeness (QED) is 0.240. The van der Waals surface area contributed by atoms with Gasteiger partial charge >= 0.3 is 6.01 Å². The van der Waals surface area contributed by atoms with Crippen molar-refractivity contribution >= 4 is 33.3 Å². The fraction of sp³-hybridized carbons (Fsp3) is 0.294. The van der Waals surface area contributed by atoms with Crippen LogP contribution in [0.1, 0.15) is 30.5 Å². The number of nitrogens with two attached hydrogens (primary N) is 1. The lowest BCUT2D eigenvalue weighted by molar-refractivity contribution is 0.188. The fourth-order valence-corrected chi connectivity index (χ4v) is 6.46. The van der Waals surface area contributed by atoms with Crippen molar-refractivity contribution in [2.24, 2.45) is 0 Å². The van der Waals surface area contributed by atoms with E-state index in [1.54, 1.807) is 19.3 Å². The number of ether oxygens (including phenoxy) is 2. The molecule has 5 heterocycles. The summed E-state index contributed by atoms with van der Waals surface area (Å²) >= 11 is 0. The minimum absolute atomic E-state index is 0.0257. The third-order valence-corrected chi connectivity index (χ3v) is 8.84. The number of pyridine rings is 2. The Bertz CT molecular complexity index is 2090. The van der Waals surface area contributed by atoms with Crippen LogP contribution in [0.15, 0.2) is 42.6 Å². The predicted molar refractivity (Wildman–Crippen MR) is 171 cm³/mol. The number of anilines is 2. The molecule has 3 N–H and O–H groups in total. The van der Waals surface area contributed by atoms with Gasteiger partial charge in [0.25, 0.3) is 0 Å². The van der Waals surface area contributed by atoms with Gasteiger partial charge in [-0.1, -0.05) is 18.1 Å². The molecule has 1 fully saturated rings. The molecule has 47 heavy (non-hydrogen) atoms. The summed E-state index contributed by atoms with van der Waals surface area (Å²) in [5.41, 5.74) is 6.44. The Kier molecular flexibility index (Phi) is 7.60. The van der Waals surface area contributed by atoms with Crippen LogP contribution in [-0.4, -0.2) is 75.5 Å². The third kappa shape index (κ3) is 5.24. The number of nitrogen functional groups attached to an aromatic ring is 1. The second-order valence-electron chi connectivity index (χ2n) is 11.7. The number of phenolic OH excluding ortho intramolecular Hbond substituents is 1. The first-order valence-corrected chi connectivity index (χ1v) is 15.0. The molecule has 0 aliphatic carbocycles. The van der Waals surface area contributed by atoms with Crippen LogP contribution >= 0.6 is 0 Å². The molecule has 0 amide bonds. The molecule has 7 rings (SSSR count). The molecule has 0 saturated carbocycles. The molecule has 10 nitrogen and oxygen atoms in total. The monoisotopic (exact) mass is 641 g/mol. The number of hydrogen-bond donors (Lipinski definition) is 2. The number of aromatic hydroxyl groups is 1. The van der Waals surface area contributed by atoms with E-state index in [4.69, 9.17) is 26.6 Å². The van der Waals surface area contributed by atoms with Crippen molar-refractivity contribution in [3.63, 3.8) is 0 Å². The molecular weight excluding hydrogens is 611 g/mol. The van der Waals surface area contributed by atoms with E-state index in [2.05, 4.69) is 20.9 Å². The van der Waals surface area contributed by atoms with Crippen LogP contribution in [0.4, 0.5) is 24.8 Å². The van der Waals surface area contributed by atoms with E-state index < -0.39 is 23.8 Å². The Morgan fingerprint density at radius 2 is 2.02 bits per heavy atom. The van der Waals surface area contributed by atoms with Crippen LogP contribution in [0.5, 0.6) is 17.6 Å². The summed E-state index contributed by atoms with van der Waals surface area (Å²) in [5.74, 6) is 1.19. The highest BCUT2D eigenvalue weighted by Crippen LogP contribution is 2.44. The second-order valence-corrected chi connectivity index (χ2v) is 11.7. The van der Waals surface area contributed by atoms with Gasteiger partial charge in [-0.25, -0.2) is 23.1 Å². The zero-order chi connectivity index (χ0) is 33.0. The molecule has 240 valence electrons. The SMILES string of the molecule is C#Cc1c(F)ccc2cc(O)cc(-c3nc4c5c(nc(OCC6C[C@@H](F)CN6C)nc5c3F)N(C(C)c3cccnc3N)CCO4)c12. The number of likely N-dealkylation sites (tertiary alicyclic amines) is 1. The van der Waals surface area contributed by atoms with Gasteiger partial charge in [0, 0.05) is 35.3 Å². The number of fused-ring (bicyclic) bond motifs is 1. The van der Waals surface area contributed by atoms with Crippen LogP contribution in [0.2, 0.25) is 0 Å². The van der Waals surface area contributed by atoms with E-state index >= 15 is 4.39 Å². The Balaban J connectivity index is 1.46. The summed E-state index contributed by atoms with van der Waals surface area (Å²) in [6, 6.07) is 8.14. The highest BCUT2D eigenvalue weighted by atomic mass is 19.1. The average Bonchev–Trinajstić information content (AvgIpc) is 3.26. The van der Waals surface area contributed by atoms with Gasteiger partial charge in [-0.15, -0.1) is 6.42 Å². The minimum Gasteiger partial charge on any atom is -0.508 e. The fourth-order valence-electron chi connectivity index (χ4n) is 6.46. The van der Waals surface area contributed by atoms with Crippen molar-refractivity contribution < 1.29 is 27.8 Å². The van der Waals surface area contributed by atoms with Crippen molar-refractivity contribution in [1.82, 2.24) is 24.8 Å². The van der Waals surface area contributed by atoms with Gasteiger partial charge in [0.05, 0.1) is 18.2 Å². The van der Waals surface area contributed by atoms with Gasteiger partial charge in [-0.05, 0) is 50.0 Å². The smallest absolute Gasteiger partial charge is 0.319 e. The highest BCUT2D eigenvalue weighted by Gasteiger charge is 2.33. The zero-order valence-electron chi connectivity index (χ0n) is 25.5. The Hall–Kier alpha value is -5.35. The van der Waals surface area contributed by atoms with Crippen LogP contribution in [0.3, 0.4) is 0 Å². The summed E-state index contributed by atoms with van der Waals surface area (Å²) in [4.78, 5) is 21.7. The van der Waals surface area contributed by atoms with E-state index in [0.717, 1.165) is 0 Å². The number of terminal acetylenes is 1. The number of halogens is 3. The number of alkyl halides is 1. The van der Waals surface area contributed by atoms with Gasteiger partial charge in [-0.2, -0.15) is 9.97 Å². The lowest BCUT2D eigenvalue weighted by atomic mass is 9.95. The normalized spacial score (nSPS) is 18.6. The summed E-state index contributed by atoms with van der Waals surface area (Å²) in [6.45, 7) is 2.68. The number of aromatic nitrogens is 4. The average molecular weight is 642 g/mol. The van der Waals surface area contributed by atoms with Gasteiger partial charge in [0.1, 0.15) is 59.2 Å². The molecule has 1 saturated heterocycles. The van der Waals surface area contributed by atoms with Gasteiger partial charge in [-0.3, -0.25) is 4.90 Å². The van der Waals surface area contributed by atoms with Crippen LogP contribution < -0.4 is 20.1 Å². The first-order valence-electron chi connectivity index (χ1n) is 15.0. The number of phenols is 1. The summed E-state index contributed by atoms with van der Waals surface area (Å²) < 4.78 is 58.1. The maximum atomic E-state index is 17.0. The molecule has 0 radical (unpaired) electrons. The highest BCUT2D eigenvalue weighted by molar-refractivity contribution is 6.04. The van der Waals surface area contributed by atoms with Crippen LogP contribution in [-0.2, 0) is 0 Å². The summed E-state index contributed by atoms with van der Waals surface area (Å²) in [6.07, 6.45) is 6.57. The van der Waals surface area contributed by atoms with Crippen molar-refractivity contribution in [3.05, 3.63) is 65.4 Å². The topological polar surface area (TPSA) is 123 Å². The van der Waals surface area contributed by atoms with Gasteiger partial charge in [0.2, 0.25) is 5.88 Å². The zero-order valence-corrected chi connectivity index (χ0v) is 25.5. The van der Waals surface area contributed by atoms with E-state index in [-0.39, 0.29) is 88.8 Å². The molecule has 2 aromatic carbocycles. The number of hydrogen-bond acceptors (Lipinski definition) is 10. The number of nitrogens with zero attached hydrogens (tertiary/aromatic N) is 6. The first-order chi connectivity index (χ1) is 22.6. The maximum absolute atomic E-state index is 17.0. The molecular formula is C34H30F3N7O3. The van der Waals surface area contributed by atoms with Gasteiger partial charge in [0.15, 0.2) is 5.82 Å². The Morgan fingerprint density at radius 1 is 1.19 bits per heavy atom. The van der Waals surface area contributed by atoms with Crippen molar-refractivity contribution in [1.29, 1.82) is 0 Å². The van der Waals surface area contributed by atoms with E-state index in [0.29, 0.717) is 23.3 Å². The first kappa shape index (κ1) is 30.3. The summed E-state index contributed by atoms with van der Waals surface area (Å²) in [7, 11) is 1.80. The largest absolute Gasteiger partial charge is 0.508 e. The maximum Gasteiger partial charge on any atom is 0.319 e. The molecule has 2 aliphatic heterocycles. The molecule has 0 spiro atoms. The minimum atomic E-state index is -0.988. The number of benzene rings is 2. The standard InChI is InChI=1S/C34H30F3N7O3/c1-4-22-25(36)8-7-18-12-21(45)14-24(26(18)22)29-28(37)30-27-32(42-34(41-30)47-16-20-13-19(35)15-43(20)3)44(10-11-46-33(27)40-29)17(2)23-6-5-9-39-31(23)38/h1,5-9,12,14,17,19-20,45H,10-11,13,15-16H2,2-3H3,(H2,38,39)/t17?,19-,20?/m1/s1. The van der Waals surface area contributed by atoms with E-state index in [9.17, 15) is 13.9 Å². The molecule has 2 aliphatic rings.